The molecule has 1 amide bonds. The lowest BCUT2D eigenvalue weighted by molar-refractivity contribution is -0.137. The second-order valence-corrected chi connectivity index (χ2v) is 5.24. The van der Waals surface area contributed by atoms with E-state index >= 15 is 0 Å². The van der Waals surface area contributed by atoms with Gasteiger partial charge >= 0.3 is 0 Å². The van der Waals surface area contributed by atoms with Crippen LogP contribution in [0.3, 0.4) is 0 Å². The Labute approximate surface area is 130 Å². The van der Waals surface area contributed by atoms with E-state index in [0.29, 0.717) is 24.8 Å². The SMILES string of the molecule is C#CCC=C.C/C=C\C[C@]1(C(=O)N(CC)CC)C[C@@H]1CN. The molecule has 3 nitrogen and oxygen atoms in total. The zero-order chi connectivity index (χ0) is 16.3. The van der Waals surface area contributed by atoms with Crippen LogP contribution in [0, 0.1) is 23.7 Å². The van der Waals surface area contributed by atoms with Gasteiger partial charge in [-0.2, -0.15) is 0 Å². The number of nitrogens with two attached hydrogens (primary N) is 1. The van der Waals surface area contributed by atoms with Gasteiger partial charge in [0.05, 0.1) is 5.41 Å². The quantitative estimate of drug-likeness (QED) is 0.579. The van der Waals surface area contributed by atoms with E-state index in [4.69, 9.17) is 12.2 Å². The van der Waals surface area contributed by atoms with Crippen molar-refractivity contribution in [1.29, 1.82) is 0 Å². The fraction of sp³-hybridized carbons (Fsp3) is 0.611. The monoisotopic (exact) mass is 290 g/mol. The number of carbonyl (C=O) groups excluding carboxylic acids is 1. The Morgan fingerprint density at radius 2 is 2.14 bits per heavy atom. The Morgan fingerprint density at radius 1 is 1.52 bits per heavy atom. The minimum Gasteiger partial charge on any atom is -0.343 e. The van der Waals surface area contributed by atoms with Gasteiger partial charge in [0.25, 0.3) is 0 Å². The number of nitrogens with zero attached hydrogens (tertiary/aromatic N) is 1. The van der Waals surface area contributed by atoms with Crippen molar-refractivity contribution in [3.63, 3.8) is 0 Å². The summed E-state index contributed by atoms with van der Waals surface area (Å²) in [6, 6.07) is 0. The summed E-state index contributed by atoms with van der Waals surface area (Å²) in [5.74, 6) is 3.08. The van der Waals surface area contributed by atoms with Crippen molar-refractivity contribution in [2.24, 2.45) is 17.1 Å². The predicted molar refractivity (Wildman–Crippen MR) is 90.6 cm³/mol. The lowest BCUT2D eigenvalue weighted by atomic mass is 9.96. The molecule has 0 aromatic carbocycles. The summed E-state index contributed by atoms with van der Waals surface area (Å²) in [5, 5.41) is 0. The lowest BCUT2D eigenvalue weighted by Crippen LogP contribution is -2.38. The first-order chi connectivity index (χ1) is 10.1. The molecule has 0 radical (unpaired) electrons. The Bertz CT molecular complexity index is 391. The molecule has 0 aromatic rings. The van der Waals surface area contributed by atoms with Gasteiger partial charge in [-0.25, -0.2) is 0 Å². The first-order valence-corrected chi connectivity index (χ1v) is 7.72. The maximum absolute atomic E-state index is 12.4. The summed E-state index contributed by atoms with van der Waals surface area (Å²) >= 11 is 0. The third-order valence-electron chi connectivity index (χ3n) is 3.97. The van der Waals surface area contributed by atoms with Gasteiger partial charge in [-0.05, 0) is 46.1 Å². The molecule has 1 aliphatic carbocycles. The Kier molecular flexibility index (Phi) is 9.49. The summed E-state index contributed by atoms with van der Waals surface area (Å²) in [7, 11) is 0. The predicted octanol–water partition coefficient (Wildman–Crippen LogP) is 2.98. The van der Waals surface area contributed by atoms with Crippen molar-refractivity contribution in [2.45, 2.75) is 40.0 Å². The van der Waals surface area contributed by atoms with Crippen LogP contribution in [-0.2, 0) is 4.79 Å². The minimum atomic E-state index is -0.173. The topological polar surface area (TPSA) is 46.3 Å². The molecule has 1 fully saturated rings. The van der Waals surface area contributed by atoms with Gasteiger partial charge in [0, 0.05) is 19.5 Å². The molecule has 1 saturated carbocycles. The number of hydrogen-bond acceptors (Lipinski definition) is 2. The first kappa shape index (κ1) is 19.5. The van der Waals surface area contributed by atoms with E-state index in [0.717, 1.165) is 25.9 Å². The van der Waals surface area contributed by atoms with Crippen molar-refractivity contribution < 1.29 is 4.79 Å². The smallest absolute Gasteiger partial charge is 0.229 e. The number of carbonyl (C=O) groups is 1. The second kappa shape index (κ2) is 10.2. The van der Waals surface area contributed by atoms with Crippen molar-refractivity contribution in [3.8, 4) is 12.3 Å². The van der Waals surface area contributed by atoms with E-state index in [2.05, 4.69) is 18.6 Å². The number of terminal acetylenes is 1. The van der Waals surface area contributed by atoms with Gasteiger partial charge < -0.3 is 10.6 Å². The van der Waals surface area contributed by atoms with Gasteiger partial charge in [-0.1, -0.05) is 18.2 Å². The average Bonchev–Trinajstić information content (AvgIpc) is 3.22. The van der Waals surface area contributed by atoms with Crippen LogP contribution < -0.4 is 5.73 Å². The van der Waals surface area contributed by atoms with Gasteiger partial charge in [0.15, 0.2) is 0 Å². The highest BCUT2D eigenvalue weighted by molar-refractivity contribution is 5.86. The average molecular weight is 290 g/mol. The Balaban J connectivity index is 0.000000690. The molecule has 1 aliphatic rings. The fourth-order valence-electron chi connectivity index (χ4n) is 2.53. The van der Waals surface area contributed by atoms with Crippen molar-refractivity contribution >= 4 is 5.91 Å². The van der Waals surface area contributed by atoms with Crippen LogP contribution in [0.5, 0.6) is 0 Å². The van der Waals surface area contributed by atoms with Crippen LogP contribution >= 0.6 is 0 Å². The second-order valence-electron chi connectivity index (χ2n) is 5.24. The molecule has 0 heterocycles. The van der Waals surface area contributed by atoms with Gasteiger partial charge in [0.1, 0.15) is 0 Å². The number of rotatable bonds is 7. The summed E-state index contributed by atoms with van der Waals surface area (Å²) in [4.78, 5) is 14.3. The lowest BCUT2D eigenvalue weighted by Gasteiger charge is -2.25. The number of hydrogen-bond donors (Lipinski definition) is 1. The van der Waals surface area contributed by atoms with Gasteiger partial charge in [-0.3, -0.25) is 4.79 Å². The molecule has 3 heteroatoms. The molecule has 0 spiro atoms. The molecule has 1 rings (SSSR count). The normalized spacial score (nSPS) is 22.9. The molecule has 0 unspecified atom stereocenters. The summed E-state index contributed by atoms with van der Waals surface area (Å²) in [6.07, 6.45) is 13.1. The largest absolute Gasteiger partial charge is 0.343 e. The molecule has 0 bridgehead atoms. The highest BCUT2D eigenvalue weighted by Gasteiger charge is 2.58. The standard InChI is InChI=1S/C13H24N2O.C5H6/c1-4-7-8-13(9-11(13)10-14)12(16)15(5-2)6-3;1-3-5-4-2/h4,7,11H,5-6,8-10,14H2,1-3H3;1,4H,2,5H2/b7-4-;/t11-,13+;/m1./s1. The van der Waals surface area contributed by atoms with E-state index in [-0.39, 0.29) is 5.41 Å². The number of allylic oxidation sites excluding steroid dienone is 3. The Hall–Kier alpha value is -1.53. The molecule has 0 aliphatic heterocycles. The minimum absolute atomic E-state index is 0.173. The molecular weight excluding hydrogens is 260 g/mol. The van der Waals surface area contributed by atoms with Gasteiger partial charge in [0.2, 0.25) is 5.91 Å². The van der Waals surface area contributed by atoms with Crippen LogP contribution in [0.2, 0.25) is 0 Å². The van der Waals surface area contributed by atoms with Gasteiger partial charge in [-0.15, -0.1) is 18.9 Å². The molecular formula is C18H30N2O. The summed E-state index contributed by atoms with van der Waals surface area (Å²) in [5.41, 5.74) is 5.53. The van der Waals surface area contributed by atoms with E-state index in [1.54, 1.807) is 6.08 Å². The summed E-state index contributed by atoms with van der Waals surface area (Å²) < 4.78 is 0. The zero-order valence-corrected chi connectivity index (χ0v) is 13.8. The van der Waals surface area contributed by atoms with Crippen molar-refractivity contribution in [2.75, 3.05) is 19.6 Å². The van der Waals surface area contributed by atoms with Crippen LogP contribution in [0.25, 0.3) is 0 Å². The van der Waals surface area contributed by atoms with Crippen LogP contribution in [-0.4, -0.2) is 30.4 Å². The van der Waals surface area contributed by atoms with Crippen LogP contribution in [0.15, 0.2) is 24.8 Å². The Morgan fingerprint density at radius 3 is 2.43 bits per heavy atom. The molecule has 2 atom stereocenters. The molecule has 0 aromatic heterocycles. The zero-order valence-electron chi connectivity index (χ0n) is 13.8. The highest BCUT2D eigenvalue weighted by atomic mass is 16.2. The highest BCUT2D eigenvalue weighted by Crippen LogP contribution is 2.56. The van der Waals surface area contributed by atoms with E-state index in [1.165, 1.54) is 0 Å². The molecule has 118 valence electrons. The van der Waals surface area contributed by atoms with E-state index < -0.39 is 0 Å². The van der Waals surface area contributed by atoms with Crippen LogP contribution in [0.1, 0.15) is 40.0 Å². The van der Waals surface area contributed by atoms with Crippen molar-refractivity contribution in [3.05, 3.63) is 24.8 Å². The molecule has 0 saturated heterocycles. The maximum atomic E-state index is 12.4. The molecule has 21 heavy (non-hydrogen) atoms. The number of amides is 1. The third kappa shape index (κ3) is 5.40. The summed E-state index contributed by atoms with van der Waals surface area (Å²) in [6.45, 7) is 11.7. The molecule has 2 N–H and O–H groups in total. The van der Waals surface area contributed by atoms with Crippen LogP contribution in [0.4, 0.5) is 0 Å². The first-order valence-electron chi connectivity index (χ1n) is 7.72. The van der Waals surface area contributed by atoms with Crippen molar-refractivity contribution in [1.82, 2.24) is 4.90 Å². The van der Waals surface area contributed by atoms with E-state index in [9.17, 15) is 4.79 Å². The van der Waals surface area contributed by atoms with E-state index in [1.807, 2.05) is 31.7 Å². The fourth-order valence-corrected chi connectivity index (χ4v) is 2.53. The third-order valence-corrected chi connectivity index (χ3v) is 3.97. The maximum Gasteiger partial charge on any atom is 0.229 e.